The van der Waals surface area contributed by atoms with Gasteiger partial charge in [-0.3, -0.25) is 4.79 Å². The molecule has 1 amide bonds. The molecule has 3 aromatic carbocycles. The van der Waals surface area contributed by atoms with Gasteiger partial charge in [-0.25, -0.2) is 0 Å². The first kappa shape index (κ1) is 19.6. The second kappa shape index (κ2) is 8.32. The van der Waals surface area contributed by atoms with E-state index in [9.17, 15) is 9.90 Å². The summed E-state index contributed by atoms with van der Waals surface area (Å²) in [6, 6.07) is 15.9. The highest BCUT2D eigenvalue weighted by Crippen LogP contribution is 2.34. The highest BCUT2D eigenvalue weighted by atomic mass is 35.5. The zero-order valence-corrected chi connectivity index (χ0v) is 17.1. The predicted octanol–water partition coefficient (Wildman–Crippen LogP) is 5.63. The topological polar surface area (TPSA) is 88.2 Å². The summed E-state index contributed by atoms with van der Waals surface area (Å²) >= 11 is 12.9. The molecule has 4 aromatic rings. The van der Waals surface area contributed by atoms with Crippen LogP contribution in [0.15, 0.2) is 64.2 Å². The van der Waals surface area contributed by atoms with Crippen LogP contribution in [0, 0.1) is 0 Å². The molecule has 6 nitrogen and oxygen atoms in total. The molecule has 0 fully saturated rings. The number of anilines is 1. The number of thioether (sulfide) groups is 1. The number of phenols is 1. The third-order valence-electron chi connectivity index (χ3n) is 4.03. The smallest absolute Gasteiger partial charge is 0.277 e. The lowest BCUT2D eigenvalue weighted by Crippen LogP contribution is -2.13. The van der Waals surface area contributed by atoms with Gasteiger partial charge in [0.1, 0.15) is 5.75 Å². The maximum absolute atomic E-state index is 12.1. The summed E-state index contributed by atoms with van der Waals surface area (Å²) in [6.07, 6.45) is 0. The summed E-state index contributed by atoms with van der Waals surface area (Å²) in [4.78, 5) is 12.1. The molecule has 0 aliphatic rings. The molecular formula is C20H13Cl2N3O3S. The van der Waals surface area contributed by atoms with E-state index in [0.717, 1.165) is 22.5 Å². The third-order valence-corrected chi connectivity index (χ3v) is 5.59. The van der Waals surface area contributed by atoms with Crippen LogP contribution in [-0.4, -0.2) is 27.0 Å². The second-order valence-corrected chi connectivity index (χ2v) is 7.80. The van der Waals surface area contributed by atoms with Crippen molar-refractivity contribution in [1.82, 2.24) is 10.2 Å². The summed E-state index contributed by atoms with van der Waals surface area (Å²) in [7, 11) is 0. The molecule has 0 spiro atoms. The van der Waals surface area contributed by atoms with Crippen molar-refractivity contribution in [2.45, 2.75) is 5.22 Å². The Morgan fingerprint density at radius 2 is 1.79 bits per heavy atom. The summed E-state index contributed by atoms with van der Waals surface area (Å²) in [5.41, 5.74) is 0.973. The Kier molecular flexibility index (Phi) is 5.62. The molecule has 146 valence electrons. The zero-order chi connectivity index (χ0) is 20.4. The SMILES string of the molecule is O=C(CSc1nnc(-c2cc3ccccc3cc2O)o1)Nc1ccc(Cl)c(Cl)c1. The van der Waals surface area contributed by atoms with Crippen molar-refractivity contribution in [3.05, 3.63) is 64.6 Å². The first-order valence-corrected chi connectivity index (χ1v) is 10.2. The lowest BCUT2D eigenvalue weighted by molar-refractivity contribution is -0.113. The molecule has 0 atom stereocenters. The molecule has 0 unspecified atom stereocenters. The first-order valence-electron chi connectivity index (χ1n) is 8.43. The number of benzene rings is 3. The van der Waals surface area contributed by atoms with Gasteiger partial charge in [0.2, 0.25) is 5.91 Å². The number of amides is 1. The van der Waals surface area contributed by atoms with Gasteiger partial charge in [-0.05, 0) is 41.1 Å². The number of rotatable bonds is 5. The van der Waals surface area contributed by atoms with Crippen LogP contribution in [0.4, 0.5) is 5.69 Å². The lowest BCUT2D eigenvalue weighted by atomic mass is 10.1. The van der Waals surface area contributed by atoms with Gasteiger partial charge in [-0.1, -0.05) is 59.2 Å². The number of phenolic OH excluding ortho intramolecular Hbond substituents is 1. The Hall–Kier alpha value is -2.74. The number of carbonyl (C=O) groups is 1. The van der Waals surface area contributed by atoms with Gasteiger partial charge >= 0.3 is 0 Å². The van der Waals surface area contributed by atoms with E-state index < -0.39 is 0 Å². The van der Waals surface area contributed by atoms with Crippen molar-refractivity contribution >= 4 is 57.3 Å². The maximum atomic E-state index is 12.1. The van der Waals surface area contributed by atoms with Crippen molar-refractivity contribution in [1.29, 1.82) is 0 Å². The largest absolute Gasteiger partial charge is 0.507 e. The Bertz CT molecular complexity index is 1210. The van der Waals surface area contributed by atoms with Gasteiger partial charge in [0, 0.05) is 5.69 Å². The van der Waals surface area contributed by atoms with E-state index in [-0.39, 0.29) is 28.5 Å². The first-order chi connectivity index (χ1) is 14.0. The van der Waals surface area contributed by atoms with Crippen molar-refractivity contribution < 1.29 is 14.3 Å². The fourth-order valence-corrected chi connectivity index (χ4v) is 3.54. The number of aromatic hydroxyl groups is 1. The van der Waals surface area contributed by atoms with E-state index in [1.54, 1.807) is 30.3 Å². The Labute approximate surface area is 179 Å². The number of nitrogens with one attached hydrogen (secondary N) is 1. The average Bonchev–Trinajstić information content (AvgIpc) is 3.17. The molecule has 9 heteroatoms. The van der Waals surface area contributed by atoms with Crippen molar-refractivity contribution in [3.8, 4) is 17.2 Å². The van der Waals surface area contributed by atoms with E-state index in [2.05, 4.69) is 15.5 Å². The Balaban J connectivity index is 1.43. The van der Waals surface area contributed by atoms with Crippen LogP contribution in [0.1, 0.15) is 0 Å². The summed E-state index contributed by atoms with van der Waals surface area (Å²) in [5.74, 6) is 0.0228. The molecule has 4 rings (SSSR count). The van der Waals surface area contributed by atoms with E-state index in [1.807, 2.05) is 24.3 Å². The summed E-state index contributed by atoms with van der Waals surface area (Å²) < 4.78 is 5.60. The molecule has 1 heterocycles. The van der Waals surface area contributed by atoms with E-state index in [1.165, 1.54) is 0 Å². The molecule has 0 bridgehead atoms. The minimum Gasteiger partial charge on any atom is -0.507 e. The average molecular weight is 446 g/mol. The van der Waals surface area contributed by atoms with Crippen LogP contribution < -0.4 is 5.32 Å². The van der Waals surface area contributed by atoms with Crippen LogP contribution in [0.25, 0.3) is 22.2 Å². The van der Waals surface area contributed by atoms with Gasteiger partial charge < -0.3 is 14.8 Å². The van der Waals surface area contributed by atoms with Gasteiger partial charge in [0.15, 0.2) is 0 Å². The van der Waals surface area contributed by atoms with Crippen LogP contribution in [0.2, 0.25) is 10.0 Å². The predicted molar refractivity (Wildman–Crippen MR) is 115 cm³/mol. The van der Waals surface area contributed by atoms with Gasteiger partial charge in [-0.15, -0.1) is 10.2 Å². The fourth-order valence-electron chi connectivity index (χ4n) is 2.67. The molecule has 0 saturated heterocycles. The van der Waals surface area contributed by atoms with Crippen LogP contribution in [0.5, 0.6) is 5.75 Å². The summed E-state index contributed by atoms with van der Waals surface area (Å²) in [6.45, 7) is 0. The highest BCUT2D eigenvalue weighted by molar-refractivity contribution is 7.99. The standard InChI is InChI=1S/C20H13Cl2N3O3S/c21-15-6-5-13(9-16(15)22)23-18(27)10-29-20-25-24-19(28-20)14-7-11-3-1-2-4-12(11)8-17(14)26/h1-9,26H,10H2,(H,23,27). The van der Waals surface area contributed by atoms with E-state index in [0.29, 0.717) is 21.3 Å². The van der Waals surface area contributed by atoms with E-state index in [4.69, 9.17) is 27.6 Å². The molecule has 0 saturated carbocycles. The van der Waals surface area contributed by atoms with Crippen molar-refractivity contribution in [2.75, 3.05) is 11.1 Å². The number of halogens is 2. The molecule has 0 aliphatic heterocycles. The third kappa shape index (κ3) is 4.48. The minimum atomic E-state index is -0.262. The molecule has 1 aromatic heterocycles. The zero-order valence-electron chi connectivity index (χ0n) is 14.7. The van der Waals surface area contributed by atoms with E-state index >= 15 is 0 Å². The number of hydrogen-bond acceptors (Lipinski definition) is 6. The van der Waals surface area contributed by atoms with Gasteiger partial charge in [-0.2, -0.15) is 0 Å². The van der Waals surface area contributed by atoms with Crippen LogP contribution >= 0.6 is 35.0 Å². The van der Waals surface area contributed by atoms with Gasteiger partial charge in [0.05, 0.1) is 21.4 Å². The lowest BCUT2D eigenvalue weighted by Gasteiger charge is -2.05. The van der Waals surface area contributed by atoms with Crippen molar-refractivity contribution in [2.24, 2.45) is 0 Å². The molecule has 2 N–H and O–H groups in total. The fraction of sp³-hybridized carbons (Fsp3) is 0.0500. The number of fused-ring (bicyclic) bond motifs is 1. The number of hydrogen-bond donors (Lipinski definition) is 2. The monoisotopic (exact) mass is 445 g/mol. The van der Waals surface area contributed by atoms with Crippen LogP contribution in [-0.2, 0) is 4.79 Å². The quantitative estimate of drug-likeness (QED) is 0.386. The number of nitrogens with zero attached hydrogens (tertiary/aromatic N) is 2. The molecule has 0 aliphatic carbocycles. The number of aromatic nitrogens is 2. The summed E-state index contributed by atoms with van der Waals surface area (Å²) in [5, 5.41) is 23.7. The second-order valence-electron chi connectivity index (χ2n) is 6.06. The van der Waals surface area contributed by atoms with Gasteiger partial charge in [0.25, 0.3) is 11.1 Å². The van der Waals surface area contributed by atoms with Crippen LogP contribution in [0.3, 0.4) is 0 Å². The highest BCUT2D eigenvalue weighted by Gasteiger charge is 2.15. The number of carbonyl (C=O) groups excluding carboxylic acids is 1. The Morgan fingerprint density at radius 3 is 2.55 bits per heavy atom. The normalized spacial score (nSPS) is 11.0. The molecule has 29 heavy (non-hydrogen) atoms. The van der Waals surface area contributed by atoms with Crippen molar-refractivity contribution in [3.63, 3.8) is 0 Å². The minimum absolute atomic E-state index is 0.0428. The molecular weight excluding hydrogens is 433 g/mol. The molecule has 0 radical (unpaired) electrons. The Morgan fingerprint density at radius 1 is 1.03 bits per heavy atom. The maximum Gasteiger partial charge on any atom is 0.277 e.